The number of carbonyl (C=O) groups excluding carboxylic acids is 1. The van der Waals surface area contributed by atoms with Gasteiger partial charge in [-0.15, -0.1) is 17.1 Å². The zero-order chi connectivity index (χ0) is 19.3. The zero-order valence-corrected chi connectivity index (χ0v) is 16.8. The number of nitrogens with zero attached hydrogens (tertiary/aromatic N) is 1. The molecule has 1 aromatic carbocycles. The van der Waals surface area contributed by atoms with Gasteiger partial charge in [0.05, 0.1) is 30.9 Å². The van der Waals surface area contributed by atoms with Crippen molar-refractivity contribution in [3.63, 3.8) is 0 Å². The number of benzene rings is 1. The minimum Gasteiger partial charge on any atom is -0.469 e. The molecule has 1 aliphatic rings. The Bertz CT molecular complexity index is 676. The summed E-state index contributed by atoms with van der Waals surface area (Å²) in [5.74, 6) is 0.0878. The standard InChI is InChI=1S/C19H28ClN3O3/c1-6-23-11-16(21-22-23)12-26-17(19(3,4)18(24)25-5)14-8-7-13(2)15(9-14)10-20/h7-9,11,17,21-22H,6,10,12H2,1-5H3. The Balaban J connectivity index is 2.29. The minimum absolute atomic E-state index is 0.322. The van der Waals surface area contributed by atoms with E-state index in [1.807, 2.05) is 57.1 Å². The number of aryl methyl sites for hydroxylation is 1. The van der Waals surface area contributed by atoms with Crippen molar-refractivity contribution >= 4 is 17.6 Å². The predicted molar refractivity (Wildman–Crippen MR) is 102 cm³/mol. The number of methoxy groups -OCH3 is 1. The van der Waals surface area contributed by atoms with Gasteiger partial charge >= 0.3 is 5.97 Å². The number of halogens is 1. The topological polar surface area (TPSA) is 62.8 Å². The first kappa shape index (κ1) is 20.6. The van der Waals surface area contributed by atoms with Gasteiger partial charge in [0.2, 0.25) is 0 Å². The molecule has 26 heavy (non-hydrogen) atoms. The number of rotatable bonds is 8. The fraction of sp³-hybridized carbons (Fsp3) is 0.526. The van der Waals surface area contributed by atoms with Crippen LogP contribution >= 0.6 is 11.6 Å². The molecule has 7 heteroatoms. The number of hydrogen-bond acceptors (Lipinski definition) is 6. The maximum atomic E-state index is 12.4. The zero-order valence-electron chi connectivity index (χ0n) is 16.1. The first-order valence-electron chi connectivity index (χ1n) is 8.67. The van der Waals surface area contributed by atoms with Crippen LogP contribution < -0.4 is 11.0 Å². The molecule has 0 saturated carbocycles. The molecule has 1 unspecified atom stereocenters. The van der Waals surface area contributed by atoms with E-state index in [0.29, 0.717) is 12.5 Å². The smallest absolute Gasteiger partial charge is 0.314 e. The number of nitrogens with one attached hydrogen (secondary N) is 2. The molecule has 0 radical (unpaired) electrons. The molecule has 2 N–H and O–H groups in total. The fourth-order valence-electron chi connectivity index (χ4n) is 2.90. The summed E-state index contributed by atoms with van der Waals surface area (Å²) in [4.78, 5) is 12.4. The van der Waals surface area contributed by atoms with Crippen LogP contribution in [0.5, 0.6) is 0 Å². The second-order valence-electron chi connectivity index (χ2n) is 6.90. The monoisotopic (exact) mass is 381 g/mol. The van der Waals surface area contributed by atoms with Crippen LogP contribution in [0.3, 0.4) is 0 Å². The highest BCUT2D eigenvalue weighted by atomic mass is 35.5. The summed E-state index contributed by atoms with van der Waals surface area (Å²) >= 11 is 6.06. The van der Waals surface area contributed by atoms with Gasteiger partial charge in [-0.2, -0.15) is 0 Å². The number of ether oxygens (including phenoxy) is 2. The van der Waals surface area contributed by atoms with E-state index in [-0.39, 0.29) is 5.97 Å². The summed E-state index contributed by atoms with van der Waals surface area (Å²) in [7, 11) is 1.39. The Morgan fingerprint density at radius 1 is 1.38 bits per heavy atom. The number of alkyl halides is 1. The third kappa shape index (κ3) is 4.50. The van der Waals surface area contributed by atoms with E-state index >= 15 is 0 Å². The molecule has 0 spiro atoms. The lowest BCUT2D eigenvalue weighted by Gasteiger charge is -2.32. The van der Waals surface area contributed by atoms with Crippen LogP contribution in [-0.4, -0.2) is 31.2 Å². The second-order valence-corrected chi connectivity index (χ2v) is 7.17. The lowest BCUT2D eigenvalue weighted by Crippen LogP contribution is -2.37. The van der Waals surface area contributed by atoms with Crippen LogP contribution in [0.1, 0.15) is 43.6 Å². The van der Waals surface area contributed by atoms with Crippen molar-refractivity contribution in [1.82, 2.24) is 16.0 Å². The molecule has 0 saturated heterocycles. The fourth-order valence-corrected chi connectivity index (χ4v) is 3.19. The highest BCUT2D eigenvalue weighted by molar-refractivity contribution is 6.17. The average molecular weight is 382 g/mol. The third-order valence-corrected chi connectivity index (χ3v) is 4.89. The van der Waals surface area contributed by atoms with Gasteiger partial charge in [-0.25, -0.2) is 0 Å². The molecule has 2 rings (SSSR count). The number of carbonyl (C=O) groups is 1. The first-order chi connectivity index (χ1) is 12.3. The van der Waals surface area contributed by atoms with Crippen molar-refractivity contribution in [2.45, 2.75) is 39.7 Å². The van der Waals surface area contributed by atoms with Gasteiger partial charge in [0.1, 0.15) is 0 Å². The molecule has 144 valence electrons. The van der Waals surface area contributed by atoms with Gasteiger partial charge in [-0.1, -0.05) is 18.2 Å². The Hall–Kier alpha value is -1.76. The van der Waals surface area contributed by atoms with Crippen LogP contribution in [0.2, 0.25) is 0 Å². The van der Waals surface area contributed by atoms with Gasteiger partial charge < -0.3 is 14.9 Å². The Kier molecular flexibility index (Phi) is 6.92. The normalized spacial score (nSPS) is 15.5. The van der Waals surface area contributed by atoms with E-state index in [1.165, 1.54) is 7.11 Å². The van der Waals surface area contributed by atoms with Gasteiger partial charge in [-0.3, -0.25) is 9.80 Å². The summed E-state index contributed by atoms with van der Waals surface area (Å²) in [5, 5.41) is 1.91. The van der Waals surface area contributed by atoms with Crippen molar-refractivity contribution in [2.75, 3.05) is 20.3 Å². The SMILES string of the molecule is CCN1C=C(COC(c2ccc(C)c(CCl)c2)C(C)(C)C(=O)OC)NN1. The van der Waals surface area contributed by atoms with Crippen LogP contribution in [0.25, 0.3) is 0 Å². The van der Waals surface area contributed by atoms with Gasteiger partial charge in [0.15, 0.2) is 0 Å². The molecular formula is C19H28ClN3O3. The van der Waals surface area contributed by atoms with Gasteiger partial charge in [0.25, 0.3) is 0 Å². The molecule has 1 heterocycles. The molecule has 0 fully saturated rings. The summed E-state index contributed by atoms with van der Waals surface area (Å²) < 4.78 is 11.2. The van der Waals surface area contributed by atoms with Crippen LogP contribution in [0.15, 0.2) is 30.1 Å². The third-order valence-electron chi connectivity index (χ3n) is 4.60. The van der Waals surface area contributed by atoms with E-state index in [1.54, 1.807) is 0 Å². The van der Waals surface area contributed by atoms with E-state index in [9.17, 15) is 4.79 Å². The van der Waals surface area contributed by atoms with Crippen molar-refractivity contribution in [3.05, 3.63) is 46.8 Å². The lowest BCUT2D eigenvalue weighted by molar-refractivity contribution is -0.160. The summed E-state index contributed by atoms with van der Waals surface area (Å²) in [6.45, 7) is 8.87. The Morgan fingerprint density at radius 2 is 2.12 bits per heavy atom. The quantitative estimate of drug-likeness (QED) is 0.532. The predicted octanol–water partition coefficient (Wildman–Crippen LogP) is 3.18. The van der Waals surface area contributed by atoms with Gasteiger partial charge in [0, 0.05) is 18.6 Å². The molecule has 0 aliphatic carbocycles. The number of hydrogen-bond donors (Lipinski definition) is 2. The van der Waals surface area contributed by atoms with Crippen molar-refractivity contribution in [3.8, 4) is 0 Å². The molecule has 0 aromatic heterocycles. The molecular weight excluding hydrogens is 354 g/mol. The van der Waals surface area contributed by atoms with E-state index in [0.717, 1.165) is 28.9 Å². The van der Waals surface area contributed by atoms with E-state index in [2.05, 4.69) is 11.0 Å². The molecule has 1 atom stereocenters. The van der Waals surface area contributed by atoms with Crippen LogP contribution in [-0.2, 0) is 20.1 Å². The Morgan fingerprint density at radius 3 is 2.69 bits per heavy atom. The number of esters is 1. The maximum Gasteiger partial charge on any atom is 0.314 e. The maximum absolute atomic E-state index is 12.4. The number of hydrazine groups is 2. The minimum atomic E-state index is -0.857. The summed E-state index contributed by atoms with van der Waals surface area (Å²) in [6, 6.07) is 5.99. The highest BCUT2D eigenvalue weighted by Gasteiger charge is 2.40. The largest absolute Gasteiger partial charge is 0.469 e. The van der Waals surface area contributed by atoms with Crippen molar-refractivity contribution < 1.29 is 14.3 Å². The van der Waals surface area contributed by atoms with Crippen LogP contribution in [0.4, 0.5) is 0 Å². The summed E-state index contributed by atoms with van der Waals surface area (Å²) in [6.07, 6.45) is 1.47. The molecule has 1 aromatic rings. The molecule has 1 aliphatic heterocycles. The van der Waals surface area contributed by atoms with Gasteiger partial charge in [-0.05, 0) is 44.4 Å². The first-order valence-corrected chi connectivity index (χ1v) is 9.21. The van der Waals surface area contributed by atoms with E-state index in [4.69, 9.17) is 21.1 Å². The van der Waals surface area contributed by atoms with E-state index < -0.39 is 11.5 Å². The Labute approximate surface area is 160 Å². The molecule has 0 bridgehead atoms. The molecule has 0 amide bonds. The lowest BCUT2D eigenvalue weighted by atomic mass is 9.81. The second kappa shape index (κ2) is 8.75. The summed E-state index contributed by atoms with van der Waals surface area (Å²) in [5.41, 5.74) is 9.16. The molecule has 6 nitrogen and oxygen atoms in total. The average Bonchev–Trinajstić information content (AvgIpc) is 3.10. The van der Waals surface area contributed by atoms with Crippen molar-refractivity contribution in [1.29, 1.82) is 0 Å². The highest BCUT2D eigenvalue weighted by Crippen LogP contribution is 2.38. The van der Waals surface area contributed by atoms with Crippen LogP contribution in [0, 0.1) is 12.3 Å². The van der Waals surface area contributed by atoms with Crippen molar-refractivity contribution in [2.24, 2.45) is 5.41 Å².